The summed E-state index contributed by atoms with van der Waals surface area (Å²) in [6.45, 7) is 0. The summed E-state index contributed by atoms with van der Waals surface area (Å²) in [6, 6.07) is 60.1. The number of para-hydroxylation sites is 2. The Labute approximate surface area is 301 Å². The summed E-state index contributed by atoms with van der Waals surface area (Å²) in [4.78, 5) is 15.3. The monoisotopic (exact) mass is 664 g/mol. The summed E-state index contributed by atoms with van der Waals surface area (Å²) in [5.74, 6) is 3.42. The molecule has 52 heavy (non-hydrogen) atoms. The molecule has 0 radical (unpaired) electrons. The number of nitriles is 1. The highest BCUT2D eigenvalue weighted by molar-refractivity contribution is 5.90. The topological polar surface area (TPSA) is 71.7 Å². The molecule has 2 heterocycles. The molecule has 242 valence electrons. The third kappa shape index (κ3) is 4.45. The van der Waals surface area contributed by atoms with E-state index in [0.29, 0.717) is 23.0 Å². The number of hydrogen-bond acceptors (Lipinski definition) is 5. The zero-order chi connectivity index (χ0) is 34.6. The third-order valence-corrected chi connectivity index (χ3v) is 10.3. The lowest BCUT2D eigenvalue weighted by molar-refractivity contribution is 0.436. The van der Waals surface area contributed by atoms with E-state index in [4.69, 9.17) is 19.7 Å². The van der Waals surface area contributed by atoms with Gasteiger partial charge < -0.3 is 4.74 Å². The van der Waals surface area contributed by atoms with Crippen LogP contribution in [0.15, 0.2) is 170 Å². The van der Waals surface area contributed by atoms with Gasteiger partial charge in [-0.2, -0.15) is 5.26 Å². The second kappa shape index (κ2) is 11.7. The van der Waals surface area contributed by atoms with Gasteiger partial charge in [0.2, 0.25) is 0 Å². The molecule has 0 unspecified atom stereocenters. The summed E-state index contributed by atoms with van der Waals surface area (Å²) < 4.78 is 6.54. The summed E-state index contributed by atoms with van der Waals surface area (Å²) in [5, 5.41) is 9.83. The van der Waals surface area contributed by atoms with Crippen LogP contribution in [0, 0.1) is 11.3 Å². The number of nitrogens with zero attached hydrogens (tertiary/aromatic N) is 4. The largest absolute Gasteiger partial charge is 0.457 e. The Morgan fingerprint density at radius 2 is 0.923 bits per heavy atom. The van der Waals surface area contributed by atoms with Gasteiger partial charge in [0.05, 0.1) is 17.0 Å². The second-order valence-corrected chi connectivity index (χ2v) is 13.1. The van der Waals surface area contributed by atoms with Crippen molar-refractivity contribution in [2.45, 2.75) is 5.41 Å². The SMILES string of the molecule is N#Cc1ccccc1-c1cccc(-c2nc(-c3ccccc3)nc(-c3ccc4c(c3)C3(c5ccccc5Oc5ccccc53)c3ccccc3-4)n2)c1. The molecule has 7 aromatic carbocycles. The van der Waals surface area contributed by atoms with Crippen LogP contribution >= 0.6 is 0 Å². The molecule has 0 saturated heterocycles. The van der Waals surface area contributed by atoms with Crippen LogP contribution in [-0.4, -0.2) is 15.0 Å². The number of ether oxygens (including phenoxy) is 1. The third-order valence-electron chi connectivity index (χ3n) is 10.3. The first kappa shape index (κ1) is 29.7. The quantitative estimate of drug-likeness (QED) is 0.187. The standard InChI is InChI=1S/C47H28N4O/c48-29-34-15-4-5-18-35(34)31-16-12-17-32(27-31)45-49-44(30-13-2-1-3-14-30)50-46(51-45)33-25-26-37-36-19-6-7-20-38(36)47(41(37)28-33)39-21-8-10-23-42(39)52-43-24-11-9-22-40(43)47/h1-28H. The molecule has 1 aliphatic heterocycles. The Balaban J connectivity index is 1.21. The first-order chi connectivity index (χ1) is 25.7. The van der Waals surface area contributed by atoms with Crippen LogP contribution < -0.4 is 4.74 Å². The van der Waals surface area contributed by atoms with Crippen LogP contribution in [0.1, 0.15) is 27.8 Å². The molecule has 0 fully saturated rings. The van der Waals surface area contributed by atoms with Gasteiger partial charge in [0.1, 0.15) is 11.5 Å². The lowest BCUT2D eigenvalue weighted by Crippen LogP contribution is -2.32. The lowest BCUT2D eigenvalue weighted by atomic mass is 9.66. The Kier molecular flexibility index (Phi) is 6.70. The van der Waals surface area contributed by atoms with E-state index in [1.165, 1.54) is 16.7 Å². The summed E-state index contributed by atoms with van der Waals surface area (Å²) >= 11 is 0. The fraction of sp³-hybridized carbons (Fsp3) is 0.0213. The maximum atomic E-state index is 9.83. The molecule has 1 aliphatic carbocycles. The van der Waals surface area contributed by atoms with Crippen molar-refractivity contribution in [1.29, 1.82) is 5.26 Å². The molecule has 1 spiro atoms. The summed E-state index contributed by atoms with van der Waals surface area (Å²) in [6.07, 6.45) is 0. The number of benzene rings is 7. The molecule has 1 aromatic heterocycles. The van der Waals surface area contributed by atoms with Crippen molar-refractivity contribution >= 4 is 0 Å². The van der Waals surface area contributed by atoms with Crippen molar-refractivity contribution in [1.82, 2.24) is 15.0 Å². The molecule has 0 N–H and O–H groups in total. The zero-order valence-electron chi connectivity index (χ0n) is 27.9. The molecule has 0 saturated carbocycles. The summed E-state index contributed by atoms with van der Waals surface area (Å²) in [7, 11) is 0. The Hall–Kier alpha value is -7.16. The molecule has 2 aliphatic rings. The van der Waals surface area contributed by atoms with Crippen LogP contribution in [0.4, 0.5) is 0 Å². The fourth-order valence-electron chi connectivity index (χ4n) is 8.00. The van der Waals surface area contributed by atoms with Gasteiger partial charge in [0.15, 0.2) is 17.5 Å². The van der Waals surface area contributed by atoms with Crippen molar-refractivity contribution in [3.8, 4) is 74.0 Å². The number of aromatic nitrogens is 3. The van der Waals surface area contributed by atoms with Crippen LogP contribution in [0.3, 0.4) is 0 Å². The molecule has 8 aromatic rings. The smallest absolute Gasteiger partial charge is 0.164 e. The minimum atomic E-state index is -0.603. The molecule has 5 nitrogen and oxygen atoms in total. The molecule has 0 amide bonds. The average Bonchev–Trinajstić information content (AvgIpc) is 3.51. The van der Waals surface area contributed by atoms with Gasteiger partial charge in [-0.15, -0.1) is 0 Å². The number of rotatable bonds is 4. The molecule has 0 atom stereocenters. The van der Waals surface area contributed by atoms with Gasteiger partial charge in [0.25, 0.3) is 0 Å². The highest BCUT2D eigenvalue weighted by Gasteiger charge is 2.51. The Morgan fingerprint density at radius 1 is 0.404 bits per heavy atom. The Bertz CT molecular complexity index is 2700. The molecule has 0 bridgehead atoms. The average molecular weight is 665 g/mol. The van der Waals surface area contributed by atoms with Crippen molar-refractivity contribution in [2.75, 3.05) is 0 Å². The van der Waals surface area contributed by atoms with Gasteiger partial charge in [-0.25, -0.2) is 15.0 Å². The molecule has 10 rings (SSSR count). The van der Waals surface area contributed by atoms with E-state index in [-0.39, 0.29) is 0 Å². The minimum Gasteiger partial charge on any atom is -0.457 e. The van der Waals surface area contributed by atoms with Crippen molar-refractivity contribution in [3.05, 3.63) is 198 Å². The maximum Gasteiger partial charge on any atom is 0.164 e. The predicted molar refractivity (Wildman–Crippen MR) is 204 cm³/mol. The van der Waals surface area contributed by atoms with E-state index < -0.39 is 5.41 Å². The van der Waals surface area contributed by atoms with E-state index in [2.05, 4.69) is 84.9 Å². The predicted octanol–water partition coefficient (Wildman–Crippen LogP) is 10.9. The van der Waals surface area contributed by atoms with Crippen LogP contribution in [0.25, 0.3) is 56.4 Å². The van der Waals surface area contributed by atoms with E-state index in [1.807, 2.05) is 91.0 Å². The van der Waals surface area contributed by atoms with Gasteiger partial charge in [-0.05, 0) is 63.7 Å². The van der Waals surface area contributed by atoms with Gasteiger partial charge in [0, 0.05) is 27.8 Å². The highest BCUT2D eigenvalue weighted by Crippen LogP contribution is 2.62. The normalized spacial score (nSPS) is 12.9. The van der Waals surface area contributed by atoms with Gasteiger partial charge >= 0.3 is 0 Å². The zero-order valence-corrected chi connectivity index (χ0v) is 27.9. The Morgan fingerprint density at radius 3 is 1.63 bits per heavy atom. The van der Waals surface area contributed by atoms with Crippen molar-refractivity contribution in [3.63, 3.8) is 0 Å². The number of hydrogen-bond donors (Lipinski definition) is 0. The van der Waals surface area contributed by atoms with E-state index in [9.17, 15) is 5.26 Å². The maximum absolute atomic E-state index is 9.83. The fourth-order valence-corrected chi connectivity index (χ4v) is 8.00. The van der Waals surface area contributed by atoms with E-state index >= 15 is 0 Å². The van der Waals surface area contributed by atoms with Crippen LogP contribution in [0.2, 0.25) is 0 Å². The van der Waals surface area contributed by atoms with Crippen molar-refractivity contribution < 1.29 is 4.74 Å². The van der Waals surface area contributed by atoms with Crippen LogP contribution in [-0.2, 0) is 5.41 Å². The lowest BCUT2D eigenvalue weighted by Gasteiger charge is -2.39. The summed E-state index contributed by atoms with van der Waals surface area (Å²) in [5.41, 5.74) is 11.4. The molecular formula is C47H28N4O. The molecule has 5 heteroatoms. The van der Waals surface area contributed by atoms with Crippen molar-refractivity contribution in [2.24, 2.45) is 0 Å². The highest BCUT2D eigenvalue weighted by atomic mass is 16.5. The van der Waals surface area contributed by atoms with E-state index in [1.54, 1.807) is 0 Å². The first-order valence-corrected chi connectivity index (χ1v) is 17.3. The van der Waals surface area contributed by atoms with E-state index in [0.717, 1.165) is 56.0 Å². The first-order valence-electron chi connectivity index (χ1n) is 17.3. The second-order valence-electron chi connectivity index (χ2n) is 13.1. The van der Waals surface area contributed by atoms with Crippen LogP contribution in [0.5, 0.6) is 11.5 Å². The number of fused-ring (bicyclic) bond motifs is 9. The van der Waals surface area contributed by atoms with Gasteiger partial charge in [-0.1, -0.05) is 140 Å². The van der Waals surface area contributed by atoms with Gasteiger partial charge in [-0.3, -0.25) is 0 Å². The molecular weight excluding hydrogens is 637 g/mol. The minimum absolute atomic E-state index is 0.556.